The number of nitrogens with zero attached hydrogens (tertiary/aromatic N) is 1. The van der Waals surface area contributed by atoms with Crippen LogP contribution in [-0.2, 0) is 9.53 Å². The molecule has 1 fully saturated rings. The molecule has 7 heteroatoms. The third kappa shape index (κ3) is 6.45. The van der Waals surface area contributed by atoms with Crippen molar-refractivity contribution in [2.75, 3.05) is 32.8 Å². The first kappa shape index (κ1) is 18.6. The molecule has 0 amide bonds. The van der Waals surface area contributed by atoms with E-state index < -0.39 is 11.2 Å². The normalized spacial score (nSPS) is 17.0. The molecule has 0 aliphatic carbocycles. The molecule has 2 rings (SSSR count). The van der Waals surface area contributed by atoms with Gasteiger partial charge in [-0.05, 0) is 37.2 Å². The highest BCUT2D eigenvalue weighted by molar-refractivity contribution is 8.00. The maximum atomic E-state index is 11.4. The molecule has 0 spiro atoms. The van der Waals surface area contributed by atoms with Crippen molar-refractivity contribution in [3.05, 3.63) is 29.3 Å². The fourth-order valence-corrected chi connectivity index (χ4v) is 3.11. The second-order valence-corrected chi connectivity index (χ2v) is 6.35. The summed E-state index contributed by atoms with van der Waals surface area (Å²) in [5, 5.41) is 9.56. The molecule has 0 radical (unpaired) electrons. The molecular formula is C14H19Cl2NO3S. The number of hydrogen-bond acceptors (Lipinski definition) is 4. The van der Waals surface area contributed by atoms with Crippen LogP contribution in [0.15, 0.2) is 29.2 Å². The smallest absolute Gasteiger partial charge is 0.317 e. The first-order valence-electron chi connectivity index (χ1n) is 6.60. The Balaban J connectivity index is 0.00000220. The van der Waals surface area contributed by atoms with Crippen molar-refractivity contribution in [2.45, 2.75) is 16.6 Å². The van der Waals surface area contributed by atoms with Crippen molar-refractivity contribution >= 4 is 41.7 Å². The molecule has 1 atom stereocenters. The lowest BCUT2D eigenvalue weighted by Gasteiger charge is -2.27. The summed E-state index contributed by atoms with van der Waals surface area (Å²) < 4.78 is 5.29. The fourth-order valence-electron chi connectivity index (χ4n) is 2.03. The summed E-state index contributed by atoms with van der Waals surface area (Å²) in [6.45, 7) is 4.04. The van der Waals surface area contributed by atoms with E-state index in [2.05, 4.69) is 4.90 Å². The quantitative estimate of drug-likeness (QED) is 0.798. The number of halogens is 2. The summed E-state index contributed by atoms with van der Waals surface area (Å²) in [6.07, 6.45) is 0.628. The van der Waals surface area contributed by atoms with Gasteiger partial charge in [0.1, 0.15) is 5.25 Å². The van der Waals surface area contributed by atoms with E-state index in [1.54, 1.807) is 12.1 Å². The monoisotopic (exact) mass is 351 g/mol. The Morgan fingerprint density at radius 3 is 2.52 bits per heavy atom. The molecule has 1 heterocycles. The Morgan fingerprint density at radius 2 is 1.95 bits per heavy atom. The van der Waals surface area contributed by atoms with Crippen molar-refractivity contribution in [3.8, 4) is 0 Å². The summed E-state index contributed by atoms with van der Waals surface area (Å²) in [5.74, 6) is -0.766. The second kappa shape index (κ2) is 9.54. The van der Waals surface area contributed by atoms with Crippen molar-refractivity contribution < 1.29 is 14.6 Å². The first-order chi connectivity index (χ1) is 9.65. The number of morpholine rings is 1. The number of thioether (sulfide) groups is 1. The number of hydrogen-bond donors (Lipinski definition) is 1. The molecule has 0 aromatic heterocycles. The van der Waals surface area contributed by atoms with Crippen LogP contribution in [-0.4, -0.2) is 54.1 Å². The largest absolute Gasteiger partial charge is 0.480 e. The summed E-state index contributed by atoms with van der Waals surface area (Å²) >= 11 is 7.21. The summed E-state index contributed by atoms with van der Waals surface area (Å²) in [6, 6.07) is 7.28. The van der Waals surface area contributed by atoms with E-state index in [4.69, 9.17) is 16.3 Å². The van der Waals surface area contributed by atoms with Crippen molar-refractivity contribution in [2.24, 2.45) is 0 Å². The molecule has 1 N–H and O–H groups in total. The molecular weight excluding hydrogens is 333 g/mol. The lowest BCUT2D eigenvalue weighted by Crippen LogP contribution is -2.38. The second-order valence-electron chi connectivity index (χ2n) is 4.64. The van der Waals surface area contributed by atoms with Gasteiger partial charge in [0.2, 0.25) is 0 Å². The Bertz CT molecular complexity index is 438. The Morgan fingerprint density at radius 1 is 1.33 bits per heavy atom. The number of carbonyl (C=O) groups is 1. The van der Waals surface area contributed by atoms with E-state index >= 15 is 0 Å². The summed E-state index contributed by atoms with van der Waals surface area (Å²) in [7, 11) is 0. The van der Waals surface area contributed by atoms with Crippen molar-refractivity contribution in [1.29, 1.82) is 0 Å². The van der Waals surface area contributed by atoms with E-state index in [1.807, 2.05) is 12.1 Å². The highest BCUT2D eigenvalue weighted by Crippen LogP contribution is 2.27. The Hall–Kier alpha value is -0.460. The van der Waals surface area contributed by atoms with Gasteiger partial charge in [0.25, 0.3) is 0 Å². The number of rotatable bonds is 6. The average Bonchev–Trinajstić information content (AvgIpc) is 2.46. The van der Waals surface area contributed by atoms with Gasteiger partial charge < -0.3 is 9.84 Å². The lowest BCUT2D eigenvalue weighted by molar-refractivity contribution is -0.136. The summed E-state index contributed by atoms with van der Waals surface area (Å²) in [5.41, 5.74) is 0. The van der Waals surface area contributed by atoms with Gasteiger partial charge in [-0.25, -0.2) is 0 Å². The van der Waals surface area contributed by atoms with Crippen LogP contribution in [0.1, 0.15) is 6.42 Å². The third-order valence-electron chi connectivity index (χ3n) is 3.18. The highest BCUT2D eigenvalue weighted by Gasteiger charge is 2.21. The van der Waals surface area contributed by atoms with E-state index in [9.17, 15) is 9.90 Å². The van der Waals surface area contributed by atoms with Crippen LogP contribution in [0.3, 0.4) is 0 Å². The van der Waals surface area contributed by atoms with Crippen LogP contribution in [0, 0.1) is 0 Å². The molecule has 1 saturated heterocycles. The first-order valence-corrected chi connectivity index (χ1v) is 7.86. The van der Waals surface area contributed by atoms with Crippen LogP contribution in [0.4, 0.5) is 0 Å². The van der Waals surface area contributed by atoms with E-state index in [0.717, 1.165) is 37.7 Å². The molecule has 21 heavy (non-hydrogen) atoms. The zero-order chi connectivity index (χ0) is 14.4. The van der Waals surface area contributed by atoms with E-state index in [-0.39, 0.29) is 12.4 Å². The van der Waals surface area contributed by atoms with Gasteiger partial charge in [0, 0.05) is 23.0 Å². The molecule has 0 saturated carbocycles. The third-order valence-corrected chi connectivity index (χ3v) is 4.70. The van der Waals surface area contributed by atoms with Crippen molar-refractivity contribution in [1.82, 2.24) is 4.90 Å². The molecule has 1 aromatic rings. The molecule has 0 bridgehead atoms. The molecule has 4 nitrogen and oxygen atoms in total. The average molecular weight is 352 g/mol. The SMILES string of the molecule is Cl.O=C(O)C(CCN1CCOCC1)Sc1ccc(Cl)cc1. The molecule has 1 aliphatic heterocycles. The zero-order valence-corrected chi connectivity index (χ0v) is 13.9. The fraction of sp³-hybridized carbons (Fsp3) is 0.500. The van der Waals surface area contributed by atoms with Crippen LogP contribution >= 0.6 is 35.8 Å². The maximum absolute atomic E-state index is 11.4. The molecule has 1 aliphatic rings. The predicted molar refractivity (Wildman–Crippen MR) is 87.9 cm³/mol. The molecule has 118 valence electrons. The maximum Gasteiger partial charge on any atom is 0.317 e. The standard InChI is InChI=1S/C14H18ClNO3S.ClH/c15-11-1-3-12(4-2-11)20-13(14(17)18)5-6-16-7-9-19-10-8-16;/h1-4,13H,5-10H2,(H,17,18);1H. The van der Waals surface area contributed by atoms with Gasteiger partial charge >= 0.3 is 5.97 Å². The minimum absolute atomic E-state index is 0. The van der Waals surface area contributed by atoms with Crippen LogP contribution in [0.2, 0.25) is 5.02 Å². The van der Waals surface area contributed by atoms with Crippen LogP contribution < -0.4 is 0 Å². The summed E-state index contributed by atoms with van der Waals surface area (Å²) in [4.78, 5) is 14.5. The van der Waals surface area contributed by atoms with Crippen molar-refractivity contribution in [3.63, 3.8) is 0 Å². The minimum Gasteiger partial charge on any atom is -0.480 e. The number of aliphatic carboxylic acids is 1. The lowest BCUT2D eigenvalue weighted by atomic mass is 10.2. The Kier molecular flexibility index (Phi) is 8.44. The van der Waals surface area contributed by atoms with Gasteiger partial charge in [-0.2, -0.15) is 0 Å². The van der Waals surface area contributed by atoms with Gasteiger partial charge in [-0.3, -0.25) is 9.69 Å². The Labute approximate surface area is 140 Å². The van der Waals surface area contributed by atoms with Gasteiger partial charge in [-0.15, -0.1) is 24.2 Å². The number of benzene rings is 1. The number of carboxylic acid groups (broad SMARTS) is 1. The topological polar surface area (TPSA) is 49.8 Å². The minimum atomic E-state index is -0.766. The molecule has 1 aromatic carbocycles. The van der Waals surface area contributed by atoms with Gasteiger partial charge in [-0.1, -0.05) is 11.6 Å². The van der Waals surface area contributed by atoms with E-state index in [1.165, 1.54) is 11.8 Å². The number of carboxylic acids is 1. The molecule has 1 unspecified atom stereocenters. The number of ether oxygens (including phenoxy) is 1. The predicted octanol–water partition coefficient (Wildman–Crippen LogP) is 3.03. The van der Waals surface area contributed by atoms with E-state index in [0.29, 0.717) is 11.4 Å². The highest BCUT2D eigenvalue weighted by atomic mass is 35.5. The van der Waals surface area contributed by atoms with Gasteiger partial charge in [0.05, 0.1) is 13.2 Å². The van der Waals surface area contributed by atoms with Crippen LogP contribution in [0.5, 0.6) is 0 Å². The van der Waals surface area contributed by atoms with Crippen LogP contribution in [0.25, 0.3) is 0 Å². The zero-order valence-electron chi connectivity index (χ0n) is 11.5. The van der Waals surface area contributed by atoms with Gasteiger partial charge in [0.15, 0.2) is 0 Å².